The number of hydrogen-bond acceptors (Lipinski definition) is 5. The highest BCUT2D eigenvalue weighted by Gasteiger charge is 2.43. The van der Waals surface area contributed by atoms with Gasteiger partial charge in [-0.2, -0.15) is 16.9 Å². The van der Waals surface area contributed by atoms with Crippen LogP contribution in [0.5, 0.6) is 0 Å². The molecule has 1 aliphatic heterocycles. The number of amides is 1. The molecule has 1 saturated heterocycles. The number of rotatable bonds is 4. The molecule has 22 heavy (non-hydrogen) atoms. The Morgan fingerprint density at radius 3 is 2.91 bits per heavy atom. The zero-order valence-corrected chi connectivity index (χ0v) is 12.4. The summed E-state index contributed by atoms with van der Waals surface area (Å²) in [5.74, 6) is -0.409. The molecule has 114 valence electrons. The molecule has 1 amide bonds. The van der Waals surface area contributed by atoms with E-state index < -0.39 is 17.4 Å². The fraction of sp³-hybridized carbons (Fsp3) is 0.286. The number of carbonyl (C=O) groups is 2. The van der Waals surface area contributed by atoms with E-state index in [4.69, 9.17) is 0 Å². The third-order valence-electron chi connectivity index (χ3n) is 3.53. The average molecular weight is 318 g/mol. The van der Waals surface area contributed by atoms with Crippen molar-refractivity contribution >= 4 is 23.6 Å². The highest BCUT2D eigenvalue weighted by atomic mass is 32.2. The average Bonchev–Trinajstić information content (AvgIpc) is 3.19. The number of carboxylic acids is 1. The molecule has 2 N–H and O–H groups in total. The van der Waals surface area contributed by atoms with E-state index in [9.17, 15) is 14.7 Å². The van der Waals surface area contributed by atoms with Crippen molar-refractivity contribution in [3.05, 3.63) is 42.5 Å². The first-order valence-corrected chi connectivity index (χ1v) is 7.86. The van der Waals surface area contributed by atoms with Gasteiger partial charge >= 0.3 is 5.97 Å². The molecule has 0 spiro atoms. The fourth-order valence-corrected chi connectivity index (χ4v) is 3.60. The maximum absolute atomic E-state index is 12.4. The van der Waals surface area contributed by atoms with Crippen molar-refractivity contribution in [3.63, 3.8) is 0 Å². The lowest BCUT2D eigenvalue weighted by Crippen LogP contribution is -2.54. The van der Waals surface area contributed by atoms with E-state index in [1.165, 1.54) is 18.0 Å². The van der Waals surface area contributed by atoms with Crippen LogP contribution in [0.15, 0.2) is 36.8 Å². The van der Waals surface area contributed by atoms with Crippen LogP contribution in [0.1, 0.15) is 16.9 Å². The van der Waals surface area contributed by atoms with E-state index in [1.807, 2.05) is 0 Å². The van der Waals surface area contributed by atoms with Gasteiger partial charge < -0.3 is 10.4 Å². The summed E-state index contributed by atoms with van der Waals surface area (Å²) in [5.41, 5.74) is -0.341. The lowest BCUT2D eigenvalue weighted by Gasteiger charge is -2.24. The minimum Gasteiger partial charge on any atom is -0.479 e. The van der Waals surface area contributed by atoms with Gasteiger partial charge in [0.2, 0.25) is 0 Å². The van der Waals surface area contributed by atoms with Gasteiger partial charge in [0.05, 0.1) is 5.69 Å². The normalized spacial score (nSPS) is 20.7. The van der Waals surface area contributed by atoms with Gasteiger partial charge in [0.25, 0.3) is 5.91 Å². The number of pyridine rings is 1. The van der Waals surface area contributed by atoms with Gasteiger partial charge in [0.15, 0.2) is 0 Å². The lowest BCUT2D eigenvalue weighted by molar-refractivity contribution is -0.143. The van der Waals surface area contributed by atoms with E-state index in [-0.39, 0.29) is 5.69 Å². The van der Waals surface area contributed by atoms with E-state index in [0.717, 1.165) is 0 Å². The van der Waals surface area contributed by atoms with Crippen LogP contribution in [0.25, 0.3) is 5.69 Å². The van der Waals surface area contributed by atoms with Crippen LogP contribution in [-0.4, -0.2) is 48.8 Å². The van der Waals surface area contributed by atoms with Gasteiger partial charge in [-0.3, -0.25) is 9.78 Å². The van der Waals surface area contributed by atoms with Crippen molar-refractivity contribution in [2.45, 2.75) is 12.0 Å². The molecule has 8 heteroatoms. The number of carboxylic acid groups (broad SMARTS) is 1. The van der Waals surface area contributed by atoms with E-state index >= 15 is 0 Å². The second-order valence-electron chi connectivity index (χ2n) is 4.99. The van der Waals surface area contributed by atoms with Crippen LogP contribution in [0.4, 0.5) is 0 Å². The van der Waals surface area contributed by atoms with Crippen molar-refractivity contribution in [1.29, 1.82) is 0 Å². The van der Waals surface area contributed by atoms with E-state index in [1.54, 1.807) is 35.3 Å². The standard InChI is InChI=1S/C14H14N4O3S/c19-12(17-14(13(20)21)3-7-22-9-14)11-8-10(2-5-15-11)18-6-1-4-16-18/h1-2,4-6,8H,3,7,9H2,(H,17,19)(H,20,21). The molecule has 0 saturated carbocycles. The summed E-state index contributed by atoms with van der Waals surface area (Å²) < 4.78 is 1.61. The maximum Gasteiger partial charge on any atom is 0.330 e. The molecule has 7 nitrogen and oxygen atoms in total. The van der Waals surface area contributed by atoms with Crippen molar-refractivity contribution in [3.8, 4) is 5.69 Å². The SMILES string of the molecule is O=C(NC1(C(=O)O)CCSC1)c1cc(-n2cccn2)ccn1. The molecule has 1 atom stereocenters. The molecule has 2 aromatic rings. The van der Waals surface area contributed by atoms with Gasteiger partial charge in [-0.1, -0.05) is 0 Å². The topological polar surface area (TPSA) is 97.1 Å². The maximum atomic E-state index is 12.4. The van der Waals surface area contributed by atoms with Crippen LogP contribution in [-0.2, 0) is 4.79 Å². The summed E-state index contributed by atoms with van der Waals surface area (Å²) in [5, 5.41) is 16.1. The van der Waals surface area contributed by atoms with Crippen LogP contribution >= 0.6 is 11.8 Å². The molecule has 2 aromatic heterocycles. The van der Waals surface area contributed by atoms with Gasteiger partial charge in [-0.25, -0.2) is 9.48 Å². The second kappa shape index (κ2) is 5.80. The Hall–Kier alpha value is -2.35. The first-order chi connectivity index (χ1) is 10.6. The Morgan fingerprint density at radius 1 is 1.41 bits per heavy atom. The summed E-state index contributed by atoms with van der Waals surface area (Å²) in [7, 11) is 0. The highest BCUT2D eigenvalue weighted by molar-refractivity contribution is 7.99. The molecule has 1 unspecified atom stereocenters. The fourth-order valence-electron chi connectivity index (χ4n) is 2.27. The zero-order valence-electron chi connectivity index (χ0n) is 11.6. The molecule has 3 rings (SSSR count). The first kappa shape index (κ1) is 14.6. The van der Waals surface area contributed by atoms with E-state index in [2.05, 4.69) is 15.4 Å². The number of aliphatic carboxylic acids is 1. The first-order valence-electron chi connectivity index (χ1n) is 6.70. The molecular formula is C14H14N4O3S. The van der Waals surface area contributed by atoms with Gasteiger partial charge in [0.1, 0.15) is 11.2 Å². The van der Waals surface area contributed by atoms with Gasteiger partial charge in [-0.05, 0) is 30.4 Å². The quantitative estimate of drug-likeness (QED) is 0.871. The molecule has 0 radical (unpaired) electrons. The predicted molar refractivity (Wildman–Crippen MR) is 81.1 cm³/mol. The number of hydrogen-bond donors (Lipinski definition) is 2. The summed E-state index contributed by atoms with van der Waals surface area (Å²) in [6.45, 7) is 0. The van der Waals surface area contributed by atoms with Crippen molar-refractivity contribution in [2.24, 2.45) is 0 Å². The number of thioether (sulfide) groups is 1. The number of carbonyl (C=O) groups excluding carboxylic acids is 1. The van der Waals surface area contributed by atoms with Gasteiger partial charge in [-0.15, -0.1) is 0 Å². The molecule has 3 heterocycles. The molecule has 1 fully saturated rings. The molecular weight excluding hydrogens is 304 g/mol. The van der Waals surface area contributed by atoms with Crippen LogP contribution in [0, 0.1) is 0 Å². The Kier molecular flexibility index (Phi) is 3.84. The second-order valence-corrected chi connectivity index (χ2v) is 6.10. The van der Waals surface area contributed by atoms with Crippen LogP contribution in [0.3, 0.4) is 0 Å². The predicted octanol–water partition coefficient (Wildman–Crippen LogP) is 0.957. The van der Waals surface area contributed by atoms with E-state index in [0.29, 0.717) is 23.6 Å². The Morgan fingerprint density at radius 2 is 2.27 bits per heavy atom. The van der Waals surface area contributed by atoms with Crippen molar-refractivity contribution < 1.29 is 14.7 Å². The molecule has 0 bridgehead atoms. The summed E-state index contributed by atoms with van der Waals surface area (Å²) in [6.07, 6.45) is 5.30. The number of nitrogens with one attached hydrogen (secondary N) is 1. The highest BCUT2D eigenvalue weighted by Crippen LogP contribution is 2.28. The van der Waals surface area contributed by atoms with Crippen molar-refractivity contribution in [2.75, 3.05) is 11.5 Å². The summed E-state index contributed by atoms with van der Waals surface area (Å²) in [4.78, 5) is 27.9. The smallest absolute Gasteiger partial charge is 0.330 e. The van der Waals surface area contributed by atoms with Crippen LogP contribution < -0.4 is 5.32 Å². The molecule has 0 aliphatic carbocycles. The third-order valence-corrected chi connectivity index (χ3v) is 4.72. The Balaban J connectivity index is 1.83. The van der Waals surface area contributed by atoms with Gasteiger partial charge in [0, 0.05) is 24.3 Å². The molecule has 1 aliphatic rings. The van der Waals surface area contributed by atoms with Crippen molar-refractivity contribution in [1.82, 2.24) is 20.1 Å². The largest absolute Gasteiger partial charge is 0.479 e. The summed E-state index contributed by atoms with van der Waals surface area (Å²) in [6, 6.07) is 5.08. The third kappa shape index (κ3) is 2.69. The monoisotopic (exact) mass is 318 g/mol. The Bertz CT molecular complexity index is 696. The number of nitrogens with zero attached hydrogens (tertiary/aromatic N) is 3. The lowest BCUT2D eigenvalue weighted by atomic mass is 9.99. The number of aromatic nitrogens is 3. The summed E-state index contributed by atoms with van der Waals surface area (Å²) >= 11 is 1.52. The molecule has 0 aromatic carbocycles. The minimum absolute atomic E-state index is 0.172. The van der Waals surface area contributed by atoms with Crippen LogP contribution in [0.2, 0.25) is 0 Å². The Labute approximate surface area is 130 Å². The minimum atomic E-state index is -1.20. The zero-order chi connectivity index (χ0) is 15.6.